The van der Waals surface area contributed by atoms with Crippen LogP contribution >= 0.6 is 23.4 Å². The molecule has 3 aromatic rings. The van der Waals surface area contributed by atoms with E-state index in [-0.39, 0.29) is 0 Å². The number of halogens is 4. The lowest BCUT2D eigenvalue weighted by Crippen LogP contribution is -2.04. The van der Waals surface area contributed by atoms with Crippen molar-refractivity contribution in [3.05, 3.63) is 76.4 Å². The number of alkyl halides is 3. The molecule has 0 N–H and O–H groups in total. The molecule has 0 spiro atoms. The summed E-state index contributed by atoms with van der Waals surface area (Å²) in [5, 5.41) is 1.05. The topological polar surface area (TPSA) is 35.0 Å². The molecule has 0 bridgehead atoms. The Morgan fingerprint density at radius 1 is 1.04 bits per heavy atom. The van der Waals surface area contributed by atoms with Crippen LogP contribution in [0.25, 0.3) is 0 Å². The van der Waals surface area contributed by atoms with Gasteiger partial charge in [0.2, 0.25) is 5.88 Å². The highest BCUT2D eigenvalue weighted by Crippen LogP contribution is 2.30. The smallest absolute Gasteiger partial charge is 0.416 e. The number of nitrogens with zero attached hydrogens (tertiary/aromatic N) is 2. The standard InChI is InChI=1S/C20H16ClF3N2OS/c1-2-16-11-18(27-17-5-3-4-15(21)10-17)26-19(25-16)28-12-13-6-8-14(9-7-13)20(22,23)24/h3-11H,2,12H2,1H3. The van der Waals surface area contributed by atoms with Gasteiger partial charge in [-0.3, -0.25) is 0 Å². The third kappa shape index (κ3) is 5.62. The number of thioether (sulfide) groups is 1. The fourth-order valence-electron chi connectivity index (χ4n) is 2.34. The number of aryl methyl sites for hydroxylation is 1. The Bertz CT molecular complexity index is 949. The summed E-state index contributed by atoms with van der Waals surface area (Å²) in [5.41, 5.74) is 0.894. The second kappa shape index (κ2) is 8.84. The van der Waals surface area contributed by atoms with Crippen LogP contribution < -0.4 is 4.74 Å². The van der Waals surface area contributed by atoms with Crippen molar-refractivity contribution >= 4 is 23.4 Å². The van der Waals surface area contributed by atoms with Crippen molar-refractivity contribution in [3.63, 3.8) is 0 Å². The summed E-state index contributed by atoms with van der Waals surface area (Å²) in [4.78, 5) is 8.83. The summed E-state index contributed by atoms with van der Waals surface area (Å²) in [6.07, 6.45) is -3.64. The van der Waals surface area contributed by atoms with Crippen molar-refractivity contribution < 1.29 is 17.9 Å². The van der Waals surface area contributed by atoms with Gasteiger partial charge < -0.3 is 4.74 Å². The molecule has 3 nitrogen and oxygen atoms in total. The first kappa shape index (κ1) is 20.5. The minimum absolute atomic E-state index is 0.393. The van der Waals surface area contributed by atoms with Crippen LogP contribution in [0.3, 0.4) is 0 Å². The van der Waals surface area contributed by atoms with Crippen molar-refractivity contribution in [2.24, 2.45) is 0 Å². The molecule has 0 amide bonds. The fraction of sp³-hybridized carbons (Fsp3) is 0.200. The van der Waals surface area contributed by atoms with Gasteiger partial charge in [0, 0.05) is 22.5 Å². The SMILES string of the molecule is CCc1cc(Oc2cccc(Cl)c2)nc(SCc2ccc(C(F)(F)F)cc2)n1. The first-order valence-electron chi connectivity index (χ1n) is 8.44. The van der Waals surface area contributed by atoms with Gasteiger partial charge in [-0.15, -0.1) is 0 Å². The summed E-state index contributed by atoms with van der Waals surface area (Å²) >= 11 is 7.31. The maximum absolute atomic E-state index is 12.7. The van der Waals surface area contributed by atoms with Gasteiger partial charge in [-0.05, 0) is 42.3 Å². The second-order valence-electron chi connectivity index (χ2n) is 5.88. The first-order valence-corrected chi connectivity index (χ1v) is 9.80. The molecule has 0 radical (unpaired) electrons. The van der Waals surface area contributed by atoms with Gasteiger partial charge >= 0.3 is 6.18 Å². The van der Waals surface area contributed by atoms with Crippen molar-refractivity contribution in [2.75, 3.05) is 0 Å². The lowest BCUT2D eigenvalue weighted by molar-refractivity contribution is -0.137. The molecule has 1 aromatic heterocycles. The Labute approximate surface area is 169 Å². The molecular weight excluding hydrogens is 409 g/mol. The summed E-state index contributed by atoms with van der Waals surface area (Å²) in [5.74, 6) is 1.40. The Morgan fingerprint density at radius 3 is 2.43 bits per heavy atom. The lowest BCUT2D eigenvalue weighted by Gasteiger charge is -2.09. The van der Waals surface area contributed by atoms with Crippen LogP contribution in [0.5, 0.6) is 11.6 Å². The third-order valence-corrected chi connectivity index (χ3v) is 4.92. The van der Waals surface area contributed by atoms with E-state index >= 15 is 0 Å². The number of rotatable bonds is 6. The number of hydrogen-bond donors (Lipinski definition) is 0. The first-order chi connectivity index (χ1) is 13.3. The molecule has 0 aliphatic heterocycles. The summed E-state index contributed by atoms with van der Waals surface area (Å²) in [6, 6.07) is 13.8. The highest BCUT2D eigenvalue weighted by molar-refractivity contribution is 7.98. The molecule has 0 aliphatic carbocycles. The molecule has 0 saturated carbocycles. The van der Waals surface area contributed by atoms with E-state index in [9.17, 15) is 13.2 Å². The zero-order chi connectivity index (χ0) is 20.1. The van der Waals surface area contributed by atoms with Gasteiger partial charge in [0.15, 0.2) is 5.16 Å². The molecule has 0 atom stereocenters. The molecule has 1 heterocycles. The minimum Gasteiger partial charge on any atom is -0.439 e. The molecule has 0 unspecified atom stereocenters. The van der Waals surface area contributed by atoms with Gasteiger partial charge in [-0.25, -0.2) is 4.98 Å². The average molecular weight is 425 g/mol. The molecule has 8 heteroatoms. The van der Waals surface area contributed by atoms with Crippen molar-refractivity contribution in [3.8, 4) is 11.6 Å². The molecule has 0 aliphatic rings. The van der Waals surface area contributed by atoms with E-state index in [2.05, 4.69) is 9.97 Å². The zero-order valence-corrected chi connectivity index (χ0v) is 16.4. The van der Waals surface area contributed by atoms with Crippen LogP contribution in [-0.4, -0.2) is 9.97 Å². The molecule has 28 heavy (non-hydrogen) atoms. The molecule has 0 saturated heterocycles. The van der Waals surface area contributed by atoms with Gasteiger partial charge in [0.25, 0.3) is 0 Å². The normalized spacial score (nSPS) is 11.5. The van der Waals surface area contributed by atoms with Crippen LogP contribution in [0.4, 0.5) is 13.2 Å². The van der Waals surface area contributed by atoms with E-state index < -0.39 is 11.7 Å². The molecule has 2 aromatic carbocycles. The Balaban J connectivity index is 1.73. The van der Waals surface area contributed by atoms with E-state index in [0.29, 0.717) is 34.0 Å². The Morgan fingerprint density at radius 2 is 1.79 bits per heavy atom. The third-order valence-electron chi connectivity index (χ3n) is 3.77. The van der Waals surface area contributed by atoms with Crippen LogP contribution in [-0.2, 0) is 18.3 Å². The molecule has 3 rings (SSSR count). The van der Waals surface area contributed by atoms with Gasteiger partial charge in [-0.2, -0.15) is 18.2 Å². The number of benzene rings is 2. The van der Waals surface area contributed by atoms with Gasteiger partial charge in [0.05, 0.1) is 5.56 Å². The highest BCUT2D eigenvalue weighted by Gasteiger charge is 2.29. The fourth-order valence-corrected chi connectivity index (χ4v) is 3.34. The predicted molar refractivity (Wildman–Crippen MR) is 104 cm³/mol. The largest absolute Gasteiger partial charge is 0.439 e. The number of aromatic nitrogens is 2. The van der Waals surface area contributed by atoms with Crippen molar-refractivity contribution in [1.82, 2.24) is 9.97 Å². The molecular formula is C20H16ClF3N2OS. The quantitative estimate of drug-likeness (QED) is 0.322. The van der Waals surface area contributed by atoms with Crippen LogP contribution in [0, 0.1) is 0 Å². The molecule has 146 valence electrons. The second-order valence-corrected chi connectivity index (χ2v) is 7.26. The minimum atomic E-state index is -4.34. The summed E-state index contributed by atoms with van der Waals surface area (Å²) < 4.78 is 43.7. The maximum Gasteiger partial charge on any atom is 0.416 e. The number of ether oxygens (including phenoxy) is 1. The van der Waals surface area contributed by atoms with E-state index in [4.69, 9.17) is 16.3 Å². The average Bonchev–Trinajstić information content (AvgIpc) is 2.66. The summed E-state index contributed by atoms with van der Waals surface area (Å²) in [7, 11) is 0. The van der Waals surface area contributed by atoms with Gasteiger partial charge in [-0.1, -0.05) is 48.5 Å². The summed E-state index contributed by atoms with van der Waals surface area (Å²) in [6.45, 7) is 1.97. The maximum atomic E-state index is 12.7. The van der Waals surface area contributed by atoms with E-state index in [1.807, 2.05) is 6.92 Å². The lowest BCUT2D eigenvalue weighted by atomic mass is 10.1. The van der Waals surface area contributed by atoms with E-state index in [0.717, 1.165) is 23.4 Å². The van der Waals surface area contributed by atoms with Crippen molar-refractivity contribution in [1.29, 1.82) is 0 Å². The van der Waals surface area contributed by atoms with E-state index in [1.54, 1.807) is 30.3 Å². The molecule has 0 fully saturated rings. The zero-order valence-electron chi connectivity index (χ0n) is 14.8. The highest BCUT2D eigenvalue weighted by atomic mass is 35.5. The Hall–Kier alpha value is -2.25. The van der Waals surface area contributed by atoms with Crippen molar-refractivity contribution in [2.45, 2.75) is 30.4 Å². The van der Waals surface area contributed by atoms with Crippen LogP contribution in [0.15, 0.2) is 59.8 Å². The van der Waals surface area contributed by atoms with Crippen LogP contribution in [0.2, 0.25) is 5.02 Å². The monoisotopic (exact) mass is 424 g/mol. The van der Waals surface area contributed by atoms with E-state index in [1.165, 1.54) is 23.9 Å². The van der Waals surface area contributed by atoms with Crippen LogP contribution in [0.1, 0.15) is 23.7 Å². The van der Waals surface area contributed by atoms with Gasteiger partial charge in [0.1, 0.15) is 5.75 Å². The predicted octanol–water partition coefficient (Wildman–Crippen LogP) is 6.80. The number of hydrogen-bond acceptors (Lipinski definition) is 4. The Kier molecular flexibility index (Phi) is 6.46.